The summed E-state index contributed by atoms with van der Waals surface area (Å²) in [4.78, 5) is 6.05. The average molecular weight is 382 g/mol. The van der Waals surface area contributed by atoms with Crippen LogP contribution in [0.2, 0.25) is 0 Å². The lowest BCUT2D eigenvalue weighted by Crippen LogP contribution is -2.26. The van der Waals surface area contributed by atoms with Crippen LogP contribution < -0.4 is 0 Å². The Labute approximate surface area is 161 Å². The molecule has 0 bridgehead atoms. The van der Waals surface area contributed by atoms with E-state index in [1.165, 1.54) is 18.4 Å². The van der Waals surface area contributed by atoms with E-state index in [4.69, 9.17) is 0 Å². The molecule has 1 N–H and O–H groups in total. The number of benzene rings is 2. The highest BCUT2D eigenvalue weighted by Crippen LogP contribution is 2.32. The summed E-state index contributed by atoms with van der Waals surface area (Å²) in [5.74, 6) is 0. The van der Waals surface area contributed by atoms with Crippen molar-refractivity contribution in [2.45, 2.75) is 35.4 Å². The third-order valence-electron chi connectivity index (χ3n) is 5.74. The standard InChI is InChI=1S/C22H25N2O2S/c1-16(27(25,26)20-8-4-3-5-9-20)17-10-11-22-21(14-17)18(15-23-22)13-19-7-6-12-24(19)2/h3-5,8-11,14-16,19,23H,1,6-7,12-13H2,2H3. The predicted molar refractivity (Wildman–Crippen MR) is 109 cm³/mol. The van der Waals surface area contributed by atoms with Crippen molar-refractivity contribution in [2.24, 2.45) is 0 Å². The molecule has 3 aromatic rings. The van der Waals surface area contributed by atoms with Gasteiger partial charge in [0.1, 0.15) is 0 Å². The number of hydrogen-bond acceptors (Lipinski definition) is 3. The van der Waals surface area contributed by atoms with Crippen LogP contribution in [-0.2, 0) is 16.3 Å². The van der Waals surface area contributed by atoms with Crippen LogP contribution in [0.15, 0.2) is 59.6 Å². The Morgan fingerprint density at radius 2 is 2.00 bits per heavy atom. The van der Waals surface area contributed by atoms with E-state index < -0.39 is 15.1 Å². The number of nitrogens with one attached hydrogen (secondary N) is 1. The quantitative estimate of drug-likeness (QED) is 0.722. The predicted octanol–water partition coefficient (Wildman–Crippen LogP) is 4.15. The zero-order valence-electron chi connectivity index (χ0n) is 15.6. The average Bonchev–Trinajstić information content (AvgIpc) is 3.28. The van der Waals surface area contributed by atoms with Gasteiger partial charge in [-0.2, -0.15) is 0 Å². The largest absolute Gasteiger partial charge is 0.361 e. The van der Waals surface area contributed by atoms with Gasteiger partial charge < -0.3 is 9.88 Å². The van der Waals surface area contributed by atoms with Gasteiger partial charge in [-0.15, -0.1) is 0 Å². The molecule has 0 aliphatic carbocycles. The molecular formula is C22H25N2O2S. The van der Waals surface area contributed by atoms with Gasteiger partial charge in [-0.05, 0) is 75.2 Å². The number of sulfone groups is 1. The molecule has 5 heteroatoms. The van der Waals surface area contributed by atoms with Crippen LogP contribution in [0.5, 0.6) is 0 Å². The summed E-state index contributed by atoms with van der Waals surface area (Å²) in [7, 11) is -1.34. The van der Waals surface area contributed by atoms with Crippen LogP contribution in [0.25, 0.3) is 10.9 Å². The number of rotatable bonds is 5. The summed E-state index contributed by atoms with van der Waals surface area (Å²) in [6, 6.07) is 14.9. The van der Waals surface area contributed by atoms with Gasteiger partial charge in [0.05, 0.1) is 10.1 Å². The van der Waals surface area contributed by atoms with Gasteiger partial charge >= 0.3 is 0 Å². The second-order valence-corrected chi connectivity index (χ2v) is 9.58. The molecule has 1 aliphatic heterocycles. The Kier molecular flexibility index (Phi) is 4.82. The minimum absolute atomic E-state index is 0.312. The zero-order valence-corrected chi connectivity index (χ0v) is 16.4. The summed E-state index contributed by atoms with van der Waals surface area (Å²) in [5.41, 5.74) is 3.01. The minimum Gasteiger partial charge on any atom is -0.361 e. The van der Waals surface area contributed by atoms with E-state index in [0.717, 1.165) is 29.4 Å². The van der Waals surface area contributed by atoms with Crippen molar-refractivity contribution in [3.63, 3.8) is 0 Å². The van der Waals surface area contributed by atoms with Gasteiger partial charge in [0.25, 0.3) is 0 Å². The molecule has 2 aromatic carbocycles. The number of hydrogen-bond donors (Lipinski definition) is 1. The van der Waals surface area contributed by atoms with E-state index in [2.05, 4.69) is 30.1 Å². The van der Waals surface area contributed by atoms with Crippen molar-refractivity contribution in [1.29, 1.82) is 0 Å². The normalized spacial score (nSPS) is 19.6. The van der Waals surface area contributed by atoms with E-state index >= 15 is 0 Å². The van der Waals surface area contributed by atoms with Crippen molar-refractivity contribution in [1.82, 2.24) is 9.88 Å². The molecule has 141 valence electrons. The molecule has 4 rings (SSSR count). The molecule has 2 unspecified atom stereocenters. The molecule has 4 nitrogen and oxygen atoms in total. The number of aromatic amines is 1. The summed E-state index contributed by atoms with van der Waals surface area (Å²) in [5, 5.41) is 0.269. The van der Waals surface area contributed by atoms with Crippen molar-refractivity contribution in [3.05, 3.63) is 72.8 Å². The number of likely N-dealkylation sites (N-methyl/N-ethyl adjacent to an activating group) is 1. The Hall–Kier alpha value is -2.11. The first-order valence-electron chi connectivity index (χ1n) is 9.39. The maximum atomic E-state index is 12.9. The van der Waals surface area contributed by atoms with Gasteiger partial charge in [0, 0.05) is 23.1 Å². The minimum atomic E-state index is -3.52. The van der Waals surface area contributed by atoms with Gasteiger partial charge in [-0.1, -0.05) is 24.3 Å². The Morgan fingerprint density at radius 3 is 2.70 bits per heavy atom. The lowest BCUT2D eigenvalue weighted by atomic mass is 10.0. The molecule has 1 aromatic heterocycles. The second-order valence-electron chi connectivity index (χ2n) is 7.45. The number of fused-ring (bicyclic) bond motifs is 1. The maximum Gasteiger partial charge on any atom is 0.185 e. The SMILES string of the molecule is [CH2]C(c1ccc2[nH]cc(CC3CCCN3C)c2c1)S(=O)(=O)c1ccccc1. The Morgan fingerprint density at radius 1 is 1.22 bits per heavy atom. The number of likely N-dealkylation sites (tertiary alicyclic amines) is 1. The number of H-pyrrole nitrogens is 1. The molecule has 2 heterocycles. The fraction of sp³-hybridized carbons (Fsp3) is 0.318. The van der Waals surface area contributed by atoms with Crippen LogP contribution in [0.1, 0.15) is 29.2 Å². The molecule has 1 fully saturated rings. The molecule has 2 atom stereocenters. The van der Waals surface area contributed by atoms with E-state index in [-0.39, 0.29) is 0 Å². The van der Waals surface area contributed by atoms with E-state index in [1.54, 1.807) is 24.3 Å². The van der Waals surface area contributed by atoms with Crippen LogP contribution in [0.3, 0.4) is 0 Å². The fourth-order valence-corrected chi connectivity index (χ4v) is 5.38. The first kappa shape index (κ1) is 18.3. The van der Waals surface area contributed by atoms with Crippen molar-refractivity contribution >= 4 is 20.7 Å². The van der Waals surface area contributed by atoms with Gasteiger partial charge in [0.2, 0.25) is 0 Å². The third-order valence-corrected chi connectivity index (χ3v) is 7.69. The number of nitrogens with zero attached hydrogens (tertiary/aromatic N) is 1. The summed E-state index contributed by atoms with van der Waals surface area (Å²) in [6.07, 6.45) is 5.49. The van der Waals surface area contributed by atoms with Crippen LogP contribution in [0.4, 0.5) is 0 Å². The molecule has 0 spiro atoms. The summed E-state index contributed by atoms with van der Waals surface area (Å²) < 4.78 is 25.9. The molecule has 1 radical (unpaired) electrons. The van der Waals surface area contributed by atoms with Crippen molar-refractivity contribution in [2.75, 3.05) is 13.6 Å². The van der Waals surface area contributed by atoms with Crippen LogP contribution in [-0.4, -0.2) is 37.9 Å². The van der Waals surface area contributed by atoms with E-state index in [1.807, 2.05) is 24.3 Å². The lowest BCUT2D eigenvalue weighted by Gasteiger charge is -2.19. The zero-order chi connectivity index (χ0) is 19.0. The molecule has 1 saturated heterocycles. The maximum absolute atomic E-state index is 12.9. The summed E-state index contributed by atoms with van der Waals surface area (Å²) >= 11 is 0. The first-order chi connectivity index (χ1) is 13.0. The topological polar surface area (TPSA) is 53.2 Å². The summed E-state index contributed by atoms with van der Waals surface area (Å²) in [6.45, 7) is 5.13. The van der Waals surface area contributed by atoms with Crippen molar-refractivity contribution < 1.29 is 8.42 Å². The molecule has 0 saturated carbocycles. The number of aromatic nitrogens is 1. The second kappa shape index (κ2) is 7.13. The highest BCUT2D eigenvalue weighted by Gasteiger charge is 2.26. The Balaban J connectivity index is 1.67. The molecular weight excluding hydrogens is 356 g/mol. The van der Waals surface area contributed by atoms with Gasteiger partial charge in [-0.3, -0.25) is 0 Å². The molecule has 27 heavy (non-hydrogen) atoms. The Bertz CT molecular complexity index is 1040. The van der Waals surface area contributed by atoms with Crippen LogP contribution >= 0.6 is 0 Å². The van der Waals surface area contributed by atoms with Crippen LogP contribution in [0, 0.1) is 6.92 Å². The van der Waals surface area contributed by atoms with E-state index in [0.29, 0.717) is 10.9 Å². The monoisotopic (exact) mass is 381 g/mol. The first-order valence-corrected chi connectivity index (χ1v) is 10.9. The van der Waals surface area contributed by atoms with Gasteiger partial charge in [0.15, 0.2) is 9.84 Å². The smallest absolute Gasteiger partial charge is 0.185 e. The van der Waals surface area contributed by atoms with Gasteiger partial charge in [-0.25, -0.2) is 8.42 Å². The highest BCUT2D eigenvalue weighted by atomic mass is 32.2. The highest BCUT2D eigenvalue weighted by molar-refractivity contribution is 7.91. The molecule has 0 amide bonds. The third kappa shape index (κ3) is 3.42. The lowest BCUT2D eigenvalue weighted by molar-refractivity contribution is 0.310. The molecule has 1 aliphatic rings. The van der Waals surface area contributed by atoms with Crippen molar-refractivity contribution in [3.8, 4) is 0 Å². The van der Waals surface area contributed by atoms with E-state index in [9.17, 15) is 8.42 Å². The fourth-order valence-electron chi connectivity index (χ4n) is 4.01.